The summed E-state index contributed by atoms with van der Waals surface area (Å²) in [6.07, 6.45) is 5.30. The fourth-order valence-corrected chi connectivity index (χ4v) is 2.64. The summed E-state index contributed by atoms with van der Waals surface area (Å²) in [5.41, 5.74) is 3.51. The van der Waals surface area contributed by atoms with Gasteiger partial charge in [0.05, 0.1) is 17.1 Å². The summed E-state index contributed by atoms with van der Waals surface area (Å²) in [6.45, 7) is 0. The molecular weight excluding hydrogens is 222 g/mol. The van der Waals surface area contributed by atoms with Gasteiger partial charge in [-0.25, -0.2) is 4.98 Å². The molecule has 1 aliphatic rings. The maximum atomic E-state index is 8.64. The van der Waals surface area contributed by atoms with Gasteiger partial charge < -0.3 is 4.57 Å². The molecule has 0 radical (unpaired) electrons. The summed E-state index contributed by atoms with van der Waals surface area (Å²) in [5, 5.41) is 8.64. The summed E-state index contributed by atoms with van der Waals surface area (Å²) >= 11 is 0. The number of aromatic nitrogens is 2. The van der Waals surface area contributed by atoms with Crippen LogP contribution in [0, 0.1) is 11.3 Å². The Labute approximate surface area is 107 Å². The quantitative estimate of drug-likeness (QED) is 0.824. The van der Waals surface area contributed by atoms with Crippen LogP contribution in [-0.2, 0) is 13.5 Å². The third-order valence-electron chi connectivity index (χ3n) is 3.98. The fourth-order valence-electron chi connectivity index (χ4n) is 2.64. The molecule has 0 unspecified atom stereocenters. The predicted molar refractivity (Wildman–Crippen MR) is 71.2 cm³/mol. The van der Waals surface area contributed by atoms with Crippen LogP contribution < -0.4 is 0 Å². The summed E-state index contributed by atoms with van der Waals surface area (Å²) < 4.78 is 2.23. The second-order valence-corrected chi connectivity index (χ2v) is 5.14. The third kappa shape index (κ3) is 1.78. The highest BCUT2D eigenvalue weighted by Crippen LogP contribution is 2.36. The molecule has 1 aromatic heterocycles. The van der Waals surface area contributed by atoms with Crippen LogP contribution in [0.15, 0.2) is 18.2 Å². The average molecular weight is 239 g/mol. The number of hydrogen-bond donors (Lipinski definition) is 0. The largest absolute Gasteiger partial charge is 0.331 e. The van der Waals surface area contributed by atoms with Crippen molar-refractivity contribution in [1.82, 2.24) is 9.55 Å². The Kier molecular flexibility index (Phi) is 2.79. The number of rotatable bonds is 3. The molecule has 0 amide bonds. The van der Waals surface area contributed by atoms with E-state index in [1.54, 1.807) is 0 Å². The van der Waals surface area contributed by atoms with Crippen molar-refractivity contribution in [1.29, 1.82) is 5.26 Å². The number of nitrogens with zero attached hydrogens (tertiary/aromatic N) is 3. The van der Waals surface area contributed by atoms with Gasteiger partial charge in [0.2, 0.25) is 0 Å². The van der Waals surface area contributed by atoms with Gasteiger partial charge in [0.15, 0.2) is 0 Å². The summed E-state index contributed by atoms with van der Waals surface area (Å²) in [6, 6.07) is 8.56. The van der Waals surface area contributed by atoms with Crippen molar-refractivity contribution in [2.45, 2.75) is 38.0 Å². The Morgan fingerprint density at radius 3 is 2.94 bits per heavy atom. The summed E-state index contributed by atoms with van der Waals surface area (Å²) in [5.74, 6) is 1.89. The molecule has 1 saturated carbocycles. The van der Waals surface area contributed by atoms with E-state index in [-0.39, 0.29) is 0 Å². The van der Waals surface area contributed by atoms with Crippen molar-refractivity contribution in [3.63, 3.8) is 0 Å². The van der Waals surface area contributed by atoms with Crippen LogP contribution in [0.5, 0.6) is 0 Å². The Bertz CT molecular complexity index is 614. The van der Waals surface area contributed by atoms with Gasteiger partial charge in [-0.05, 0) is 37.0 Å². The first kappa shape index (κ1) is 11.3. The Morgan fingerprint density at radius 2 is 2.28 bits per heavy atom. The van der Waals surface area contributed by atoms with E-state index in [9.17, 15) is 0 Å². The Hall–Kier alpha value is -1.82. The van der Waals surface area contributed by atoms with Gasteiger partial charge >= 0.3 is 0 Å². The maximum absolute atomic E-state index is 8.64. The van der Waals surface area contributed by atoms with Gasteiger partial charge in [-0.1, -0.05) is 12.5 Å². The molecule has 3 heteroatoms. The molecule has 1 fully saturated rings. The van der Waals surface area contributed by atoms with Crippen LogP contribution >= 0.6 is 0 Å². The van der Waals surface area contributed by atoms with E-state index >= 15 is 0 Å². The lowest BCUT2D eigenvalue weighted by Gasteiger charge is -2.24. The zero-order valence-electron chi connectivity index (χ0n) is 10.7. The van der Waals surface area contributed by atoms with Gasteiger partial charge in [0, 0.05) is 19.4 Å². The van der Waals surface area contributed by atoms with Gasteiger partial charge in [-0.2, -0.15) is 5.26 Å². The van der Waals surface area contributed by atoms with E-state index in [2.05, 4.69) is 35.9 Å². The maximum Gasteiger partial charge on any atom is 0.112 e. The molecule has 1 heterocycles. The minimum absolute atomic E-state index is 0.582. The van der Waals surface area contributed by atoms with Crippen LogP contribution in [0.1, 0.15) is 43.0 Å². The number of fused-ring (bicyclic) bond motifs is 1. The van der Waals surface area contributed by atoms with Crippen molar-refractivity contribution < 1.29 is 0 Å². The van der Waals surface area contributed by atoms with Crippen LogP contribution in [0.25, 0.3) is 11.0 Å². The van der Waals surface area contributed by atoms with Crippen molar-refractivity contribution in [3.05, 3.63) is 29.6 Å². The minimum Gasteiger partial charge on any atom is -0.331 e. The Morgan fingerprint density at radius 1 is 1.44 bits per heavy atom. The molecule has 1 aliphatic carbocycles. The molecule has 0 aliphatic heterocycles. The molecule has 0 atom stereocenters. The SMILES string of the molecule is Cn1c(C2CCC2)nc2ccc(CCC#N)cc21. The van der Waals surface area contributed by atoms with Crippen LogP contribution in [-0.4, -0.2) is 9.55 Å². The molecule has 2 aromatic rings. The first-order chi connectivity index (χ1) is 8.79. The van der Waals surface area contributed by atoms with Gasteiger partial charge in [0.1, 0.15) is 5.82 Å². The normalized spacial score (nSPS) is 15.6. The van der Waals surface area contributed by atoms with E-state index in [4.69, 9.17) is 10.2 Å². The van der Waals surface area contributed by atoms with Crippen molar-refractivity contribution >= 4 is 11.0 Å². The number of nitriles is 1. The highest BCUT2D eigenvalue weighted by molar-refractivity contribution is 5.77. The van der Waals surface area contributed by atoms with Gasteiger partial charge in [-0.3, -0.25) is 0 Å². The van der Waals surface area contributed by atoms with Gasteiger partial charge in [-0.15, -0.1) is 0 Å². The van der Waals surface area contributed by atoms with E-state index in [1.165, 1.54) is 36.2 Å². The lowest BCUT2D eigenvalue weighted by atomic mass is 9.85. The average Bonchev–Trinajstić information content (AvgIpc) is 2.63. The second kappa shape index (κ2) is 4.45. The highest BCUT2D eigenvalue weighted by Gasteiger charge is 2.24. The van der Waals surface area contributed by atoms with E-state index in [0.717, 1.165) is 11.9 Å². The zero-order valence-corrected chi connectivity index (χ0v) is 10.7. The molecule has 18 heavy (non-hydrogen) atoms. The summed E-state index contributed by atoms with van der Waals surface area (Å²) in [4.78, 5) is 4.75. The number of benzene rings is 1. The van der Waals surface area contributed by atoms with Crippen molar-refractivity contribution in [2.24, 2.45) is 7.05 Å². The number of imidazole rings is 1. The minimum atomic E-state index is 0.582. The van der Waals surface area contributed by atoms with Crippen LogP contribution in [0.4, 0.5) is 0 Å². The molecule has 92 valence electrons. The molecule has 0 N–H and O–H groups in total. The molecule has 1 aromatic carbocycles. The molecule has 0 saturated heterocycles. The first-order valence-corrected chi connectivity index (χ1v) is 6.62. The van der Waals surface area contributed by atoms with Crippen molar-refractivity contribution in [2.75, 3.05) is 0 Å². The highest BCUT2D eigenvalue weighted by atomic mass is 15.1. The zero-order chi connectivity index (χ0) is 12.5. The van der Waals surface area contributed by atoms with E-state index in [0.29, 0.717) is 12.3 Å². The van der Waals surface area contributed by atoms with Crippen LogP contribution in [0.2, 0.25) is 0 Å². The lowest BCUT2D eigenvalue weighted by molar-refractivity contribution is 0.395. The third-order valence-corrected chi connectivity index (χ3v) is 3.98. The second-order valence-electron chi connectivity index (χ2n) is 5.14. The molecule has 0 bridgehead atoms. The fraction of sp³-hybridized carbons (Fsp3) is 0.467. The van der Waals surface area contributed by atoms with Crippen molar-refractivity contribution in [3.8, 4) is 6.07 Å². The lowest BCUT2D eigenvalue weighted by Crippen LogP contribution is -2.13. The standard InChI is InChI=1S/C15H17N3/c1-18-14-10-11(4-3-9-16)7-8-13(14)17-15(18)12-5-2-6-12/h7-8,10,12H,2-6H2,1H3. The summed E-state index contributed by atoms with van der Waals surface area (Å²) in [7, 11) is 2.11. The topological polar surface area (TPSA) is 41.6 Å². The first-order valence-electron chi connectivity index (χ1n) is 6.62. The van der Waals surface area contributed by atoms with Crippen LogP contribution in [0.3, 0.4) is 0 Å². The van der Waals surface area contributed by atoms with E-state index in [1.807, 2.05) is 0 Å². The number of hydrogen-bond acceptors (Lipinski definition) is 2. The smallest absolute Gasteiger partial charge is 0.112 e. The van der Waals surface area contributed by atoms with Gasteiger partial charge in [0.25, 0.3) is 0 Å². The molecule has 0 spiro atoms. The Balaban J connectivity index is 1.99. The van der Waals surface area contributed by atoms with E-state index < -0.39 is 0 Å². The molecule has 3 nitrogen and oxygen atoms in total. The predicted octanol–water partition coefficient (Wildman–Crippen LogP) is 3.30. The molecular formula is C15H17N3. The monoisotopic (exact) mass is 239 g/mol. The molecule has 3 rings (SSSR count). The number of aryl methyl sites for hydroxylation is 2.